The Kier molecular flexibility index (Phi) is 6.52. The van der Waals surface area contributed by atoms with E-state index in [9.17, 15) is 0 Å². The number of hydrogen-bond acceptors (Lipinski definition) is 1. The molecule has 0 saturated heterocycles. The van der Waals surface area contributed by atoms with Gasteiger partial charge in [-0.05, 0) is 83.8 Å². The topological polar surface area (TPSA) is 12.0 Å². The van der Waals surface area contributed by atoms with Gasteiger partial charge in [0.15, 0.2) is 0 Å². The van der Waals surface area contributed by atoms with Crippen molar-refractivity contribution in [2.24, 2.45) is 0 Å². The number of anilines is 1. The maximum atomic E-state index is 4.10. The third-order valence-corrected chi connectivity index (χ3v) is 6.89. The molecule has 0 aliphatic rings. The maximum Gasteiger partial charge on any atom is 0.0778 e. The average Bonchev–Trinajstić information content (AvgIpc) is 2.75. The highest BCUT2D eigenvalue weighted by Gasteiger charge is 2.28. The molecule has 150 valence electrons. The van der Waals surface area contributed by atoms with Crippen molar-refractivity contribution in [3.8, 4) is 0 Å². The summed E-state index contributed by atoms with van der Waals surface area (Å²) in [5.74, 6) is 0. The highest BCUT2D eigenvalue weighted by molar-refractivity contribution is 14.1. The molecule has 0 aromatic heterocycles. The van der Waals surface area contributed by atoms with Crippen LogP contribution in [0.2, 0.25) is 0 Å². The summed E-state index contributed by atoms with van der Waals surface area (Å²) in [6.45, 7) is 13.0. The second kappa shape index (κ2) is 8.74. The predicted octanol–water partition coefficient (Wildman–Crippen LogP) is 7.83. The van der Waals surface area contributed by atoms with Gasteiger partial charge >= 0.3 is 0 Å². The first kappa shape index (κ1) is 21.6. The largest absolute Gasteiger partial charge is 0.372 e. The third kappa shape index (κ3) is 4.58. The fourth-order valence-electron chi connectivity index (χ4n) is 3.75. The van der Waals surface area contributed by atoms with Crippen LogP contribution in [0.3, 0.4) is 0 Å². The molecule has 0 spiro atoms. The van der Waals surface area contributed by atoms with Crippen molar-refractivity contribution < 1.29 is 0 Å². The Morgan fingerprint density at radius 2 is 1.31 bits per heavy atom. The van der Waals surface area contributed by atoms with Crippen LogP contribution in [0.1, 0.15) is 49.4 Å². The standard InChI is InChI=1S/C27H30IN/c1-6-26(4,22-14-16-24(28)17-15-22)21-10-12-23(13-11-21)27(5,7-2)29-25-18-8-20(3)9-19-25/h7-19,29H,2,6H2,1,3-5H3. The van der Waals surface area contributed by atoms with Crippen LogP contribution in [0.15, 0.2) is 85.5 Å². The van der Waals surface area contributed by atoms with E-state index in [0.29, 0.717) is 0 Å². The fraction of sp³-hybridized carbons (Fsp3) is 0.259. The number of halogens is 1. The summed E-state index contributed by atoms with van der Waals surface area (Å²) in [5.41, 5.74) is 5.92. The van der Waals surface area contributed by atoms with Crippen molar-refractivity contribution in [1.29, 1.82) is 0 Å². The van der Waals surface area contributed by atoms with Crippen LogP contribution < -0.4 is 5.32 Å². The van der Waals surface area contributed by atoms with Crippen LogP contribution >= 0.6 is 22.6 Å². The molecule has 2 heteroatoms. The zero-order valence-corrected chi connectivity index (χ0v) is 20.0. The van der Waals surface area contributed by atoms with Crippen molar-refractivity contribution in [3.05, 3.63) is 111 Å². The van der Waals surface area contributed by atoms with Gasteiger partial charge in [-0.1, -0.05) is 74.0 Å². The summed E-state index contributed by atoms with van der Waals surface area (Å²) in [7, 11) is 0. The Labute approximate surface area is 189 Å². The summed E-state index contributed by atoms with van der Waals surface area (Å²) < 4.78 is 1.27. The Morgan fingerprint density at radius 3 is 1.79 bits per heavy atom. The van der Waals surface area contributed by atoms with Crippen LogP contribution in [-0.4, -0.2) is 0 Å². The minimum absolute atomic E-state index is 0.00215. The second-order valence-corrected chi connectivity index (χ2v) is 9.41. The number of benzene rings is 3. The molecule has 3 rings (SSSR count). The van der Waals surface area contributed by atoms with Crippen LogP contribution in [0.4, 0.5) is 5.69 Å². The van der Waals surface area contributed by atoms with Crippen molar-refractivity contribution in [2.75, 3.05) is 5.32 Å². The Bertz CT molecular complexity index is 957. The molecule has 0 radical (unpaired) electrons. The van der Waals surface area contributed by atoms with E-state index in [0.717, 1.165) is 12.1 Å². The lowest BCUT2D eigenvalue weighted by atomic mass is 9.73. The number of aryl methyl sites for hydroxylation is 1. The average molecular weight is 495 g/mol. The van der Waals surface area contributed by atoms with Gasteiger partial charge in [0.05, 0.1) is 5.54 Å². The number of hydrogen-bond donors (Lipinski definition) is 1. The summed E-state index contributed by atoms with van der Waals surface area (Å²) in [6.07, 6.45) is 3.04. The summed E-state index contributed by atoms with van der Waals surface area (Å²) in [5, 5.41) is 3.64. The van der Waals surface area contributed by atoms with E-state index in [1.165, 1.54) is 25.8 Å². The molecule has 1 N–H and O–H groups in total. The molecule has 29 heavy (non-hydrogen) atoms. The highest BCUT2D eigenvalue weighted by Crippen LogP contribution is 2.37. The van der Waals surface area contributed by atoms with E-state index in [1.807, 2.05) is 6.08 Å². The Morgan fingerprint density at radius 1 is 0.828 bits per heavy atom. The van der Waals surface area contributed by atoms with E-state index in [-0.39, 0.29) is 11.0 Å². The molecule has 2 atom stereocenters. The van der Waals surface area contributed by atoms with Gasteiger partial charge in [-0.25, -0.2) is 0 Å². The predicted molar refractivity (Wildman–Crippen MR) is 135 cm³/mol. The van der Waals surface area contributed by atoms with Gasteiger partial charge in [0, 0.05) is 14.7 Å². The fourth-order valence-corrected chi connectivity index (χ4v) is 4.11. The molecular weight excluding hydrogens is 465 g/mol. The molecule has 0 heterocycles. The molecule has 0 amide bonds. The Hall–Kier alpha value is -2.07. The van der Waals surface area contributed by atoms with Crippen molar-refractivity contribution >= 4 is 28.3 Å². The molecular formula is C27H30IN. The highest BCUT2D eigenvalue weighted by atomic mass is 127. The van der Waals surface area contributed by atoms with E-state index >= 15 is 0 Å². The summed E-state index contributed by atoms with van der Waals surface area (Å²) in [4.78, 5) is 0. The maximum absolute atomic E-state index is 4.10. The van der Waals surface area contributed by atoms with Gasteiger partial charge in [0.1, 0.15) is 0 Å². The number of nitrogens with one attached hydrogen (secondary N) is 1. The van der Waals surface area contributed by atoms with E-state index in [1.54, 1.807) is 0 Å². The minimum atomic E-state index is -0.334. The van der Waals surface area contributed by atoms with Crippen molar-refractivity contribution in [2.45, 2.75) is 45.1 Å². The SMILES string of the molecule is C=CC(C)(Nc1ccc(C)cc1)c1ccc(C(C)(CC)c2ccc(I)cc2)cc1. The van der Waals surface area contributed by atoms with E-state index in [4.69, 9.17) is 0 Å². The lowest BCUT2D eigenvalue weighted by Crippen LogP contribution is -2.29. The second-order valence-electron chi connectivity index (χ2n) is 8.17. The smallest absolute Gasteiger partial charge is 0.0778 e. The molecule has 2 unspecified atom stereocenters. The van der Waals surface area contributed by atoms with Crippen LogP contribution in [0.5, 0.6) is 0 Å². The van der Waals surface area contributed by atoms with Gasteiger partial charge in [0.2, 0.25) is 0 Å². The van der Waals surface area contributed by atoms with Gasteiger partial charge in [0.25, 0.3) is 0 Å². The third-order valence-electron chi connectivity index (χ3n) is 6.17. The molecule has 0 fully saturated rings. The molecule has 0 aliphatic carbocycles. The lowest BCUT2D eigenvalue weighted by molar-refractivity contribution is 0.549. The van der Waals surface area contributed by atoms with Crippen molar-refractivity contribution in [3.63, 3.8) is 0 Å². The molecule has 0 aliphatic heterocycles. The first-order valence-corrected chi connectivity index (χ1v) is 11.2. The van der Waals surface area contributed by atoms with Gasteiger partial charge < -0.3 is 5.32 Å². The van der Waals surface area contributed by atoms with Crippen LogP contribution in [-0.2, 0) is 11.0 Å². The van der Waals surface area contributed by atoms with Gasteiger partial charge in [-0.3, -0.25) is 0 Å². The molecule has 0 saturated carbocycles. The van der Waals surface area contributed by atoms with E-state index < -0.39 is 0 Å². The quantitative estimate of drug-likeness (QED) is 0.260. The number of rotatable bonds is 7. The van der Waals surface area contributed by atoms with Gasteiger partial charge in [-0.15, -0.1) is 6.58 Å². The first-order valence-electron chi connectivity index (χ1n) is 10.2. The first-order chi connectivity index (χ1) is 13.8. The monoisotopic (exact) mass is 495 g/mol. The van der Waals surface area contributed by atoms with Gasteiger partial charge in [-0.2, -0.15) is 0 Å². The van der Waals surface area contributed by atoms with E-state index in [2.05, 4.69) is 135 Å². The zero-order valence-electron chi connectivity index (χ0n) is 17.8. The normalized spacial score (nSPS) is 15.2. The lowest BCUT2D eigenvalue weighted by Gasteiger charge is -2.32. The minimum Gasteiger partial charge on any atom is -0.372 e. The van der Waals surface area contributed by atoms with Crippen molar-refractivity contribution in [1.82, 2.24) is 0 Å². The molecule has 0 bridgehead atoms. The molecule has 3 aromatic rings. The Balaban J connectivity index is 1.91. The zero-order chi connectivity index (χ0) is 21.1. The molecule has 3 aromatic carbocycles. The summed E-state index contributed by atoms with van der Waals surface area (Å²) >= 11 is 2.36. The molecule has 1 nitrogen and oxygen atoms in total. The van der Waals surface area contributed by atoms with Crippen LogP contribution in [0.25, 0.3) is 0 Å². The van der Waals surface area contributed by atoms with Crippen LogP contribution in [0, 0.1) is 10.5 Å². The summed E-state index contributed by atoms with van der Waals surface area (Å²) in [6, 6.07) is 26.4.